The third-order valence-corrected chi connectivity index (χ3v) is 5.65. The molecule has 9 atom stereocenters. The fourth-order valence-corrected chi connectivity index (χ4v) is 3.78. The van der Waals surface area contributed by atoms with Crippen molar-refractivity contribution in [2.45, 2.75) is 53.4 Å². The monoisotopic (exact) mass is 414 g/mol. The van der Waals surface area contributed by atoms with Gasteiger partial charge in [-0.05, 0) is 0 Å². The molecule has 2 saturated heterocycles. The number of halogens is 4. The molecule has 7 nitrogen and oxygen atoms in total. The van der Waals surface area contributed by atoms with Crippen molar-refractivity contribution in [3.63, 3.8) is 0 Å². The Morgan fingerprint density at radius 2 is 1.65 bits per heavy atom. The second-order valence-corrected chi connectivity index (χ2v) is 7.00. The van der Waals surface area contributed by atoms with Crippen molar-refractivity contribution in [2.75, 3.05) is 18.4 Å². The van der Waals surface area contributed by atoms with E-state index in [0.717, 1.165) is 0 Å². The third kappa shape index (κ3) is 3.71. The molecule has 0 aromatic heterocycles. The number of aliphatic hydroxyl groups is 4. The highest BCUT2D eigenvalue weighted by molar-refractivity contribution is 6.24. The molecule has 2 rings (SSSR count). The second kappa shape index (κ2) is 8.05. The lowest BCUT2D eigenvalue weighted by molar-refractivity contribution is -0.357. The van der Waals surface area contributed by atoms with Gasteiger partial charge in [-0.3, -0.25) is 0 Å². The van der Waals surface area contributed by atoms with Crippen LogP contribution in [0.25, 0.3) is 0 Å². The van der Waals surface area contributed by atoms with Crippen LogP contribution in [0.1, 0.15) is 0 Å². The average molecular weight is 416 g/mol. The second-order valence-electron chi connectivity index (χ2n) is 5.41. The fourth-order valence-electron chi connectivity index (χ4n) is 2.53. The van der Waals surface area contributed by atoms with E-state index in [2.05, 4.69) is 0 Å². The maximum absolute atomic E-state index is 10.3. The molecule has 11 heteroatoms. The zero-order chi connectivity index (χ0) is 17.4. The van der Waals surface area contributed by atoms with Gasteiger partial charge in [0.1, 0.15) is 24.4 Å². The van der Waals surface area contributed by atoms with E-state index >= 15 is 0 Å². The third-order valence-electron chi connectivity index (χ3n) is 3.91. The summed E-state index contributed by atoms with van der Waals surface area (Å²) in [6.45, 7) is -0.502. The van der Waals surface area contributed by atoms with E-state index in [0.29, 0.717) is 0 Å². The van der Waals surface area contributed by atoms with Crippen LogP contribution >= 0.6 is 46.4 Å². The van der Waals surface area contributed by atoms with Gasteiger partial charge in [0, 0.05) is 0 Å². The van der Waals surface area contributed by atoms with Gasteiger partial charge in [0.25, 0.3) is 0 Å². The van der Waals surface area contributed by atoms with Crippen LogP contribution in [0.15, 0.2) is 0 Å². The van der Waals surface area contributed by atoms with Crippen LogP contribution < -0.4 is 0 Å². The largest absolute Gasteiger partial charge is 0.394 e. The summed E-state index contributed by atoms with van der Waals surface area (Å²) in [7, 11) is 0. The van der Waals surface area contributed by atoms with Gasteiger partial charge >= 0.3 is 0 Å². The highest BCUT2D eigenvalue weighted by atomic mass is 35.5. The highest BCUT2D eigenvalue weighted by Crippen LogP contribution is 2.39. The molecule has 0 saturated carbocycles. The van der Waals surface area contributed by atoms with Gasteiger partial charge in [-0.2, -0.15) is 0 Å². The van der Waals surface area contributed by atoms with Crippen molar-refractivity contribution in [1.29, 1.82) is 0 Å². The van der Waals surface area contributed by atoms with Gasteiger partial charge in [0.15, 0.2) is 6.29 Å². The zero-order valence-corrected chi connectivity index (χ0v) is 14.8. The summed E-state index contributed by atoms with van der Waals surface area (Å²) in [4.78, 5) is 0. The summed E-state index contributed by atoms with van der Waals surface area (Å²) in [6.07, 6.45) is -7.47. The Balaban J connectivity index is 2.18. The van der Waals surface area contributed by atoms with Crippen LogP contribution in [-0.4, -0.2) is 92.1 Å². The minimum atomic E-state index is -1.78. The maximum atomic E-state index is 10.3. The molecule has 4 N–H and O–H groups in total. The van der Waals surface area contributed by atoms with Crippen LogP contribution in [0.4, 0.5) is 0 Å². The topological polar surface area (TPSA) is 109 Å². The summed E-state index contributed by atoms with van der Waals surface area (Å²) in [5.41, 5.74) is 0. The molecule has 23 heavy (non-hydrogen) atoms. The Labute approximate surface area is 152 Å². The Morgan fingerprint density at radius 3 is 2.13 bits per heavy atom. The van der Waals surface area contributed by atoms with Gasteiger partial charge in [0.2, 0.25) is 5.79 Å². The lowest BCUT2D eigenvalue weighted by Crippen LogP contribution is -2.61. The van der Waals surface area contributed by atoms with Crippen molar-refractivity contribution in [3.8, 4) is 0 Å². The van der Waals surface area contributed by atoms with Crippen molar-refractivity contribution in [1.82, 2.24) is 0 Å². The molecule has 136 valence electrons. The molecular formula is C12H18Cl4O7. The van der Waals surface area contributed by atoms with Crippen LogP contribution in [0.2, 0.25) is 0 Å². The minimum Gasteiger partial charge on any atom is -0.394 e. The SMILES string of the molecule is OC[C@H]1OC(OC2(CCl)O[C@H](CCl)[C@@H](Cl)[C@@H]2O)[C@H](O)[C@@H](O)[C@H]1Cl. The first-order chi connectivity index (χ1) is 10.8. The van der Waals surface area contributed by atoms with Crippen LogP contribution in [0.5, 0.6) is 0 Å². The quantitative estimate of drug-likeness (QED) is 0.452. The molecule has 2 fully saturated rings. The molecule has 2 aliphatic rings. The summed E-state index contributed by atoms with van der Waals surface area (Å²) >= 11 is 23.5. The van der Waals surface area contributed by atoms with Crippen LogP contribution in [0.3, 0.4) is 0 Å². The van der Waals surface area contributed by atoms with Crippen molar-refractivity contribution in [3.05, 3.63) is 0 Å². The Kier molecular flexibility index (Phi) is 7.07. The first-order valence-corrected chi connectivity index (χ1v) is 8.81. The maximum Gasteiger partial charge on any atom is 0.213 e. The van der Waals surface area contributed by atoms with Gasteiger partial charge in [0.05, 0.1) is 35.2 Å². The lowest BCUT2D eigenvalue weighted by Gasteiger charge is -2.43. The molecule has 0 bridgehead atoms. The summed E-state index contributed by atoms with van der Waals surface area (Å²) in [6, 6.07) is 0. The minimum absolute atomic E-state index is 0.00700. The molecule has 0 amide bonds. The standard InChI is InChI=1S/C12H18Cl4O7/c13-1-4-7(16)10(20)12(3-14,22-4)23-11-9(19)8(18)6(15)5(2-17)21-11/h4-11,17-20H,1-3H2/t4-,5-,6+,7-,8+,9-,10+,11?,12?/m1/s1. The predicted octanol–water partition coefficient (Wildman–Crippen LogP) is -0.410. The lowest BCUT2D eigenvalue weighted by atomic mass is 10.0. The van der Waals surface area contributed by atoms with Gasteiger partial charge in [-0.15, -0.1) is 46.4 Å². The number of alkyl halides is 4. The molecule has 0 aromatic carbocycles. The molecule has 2 heterocycles. The summed E-state index contributed by atoms with van der Waals surface area (Å²) < 4.78 is 16.4. The number of aliphatic hydroxyl groups excluding tert-OH is 4. The molecule has 0 spiro atoms. The van der Waals surface area contributed by atoms with Gasteiger partial charge in [-0.25, -0.2) is 0 Å². The molecule has 0 aromatic rings. The van der Waals surface area contributed by atoms with Crippen LogP contribution in [-0.2, 0) is 14.2 Å². The van der Waals surface area contributed by atoms with E-state index in [1.807, 2.05) is 0 Å². The van der Waals surface area contributed by atoms with Crippen molar-refractivity contribution < 1.29 is 34.6 Å². The van der Waals surface area contributed by atoms with Gasteiger partial charge < -0.3 is 34.6 Å². The first kappa shape index (κ1) is 20.2. The fraction of sp³-hybridized carbons (Fsp3) is 1.00. The predicted molar refractivity (Wildman–Crippen MR) is 83.2 cm³/mol. The molecule has 2 unspecified atom stereocenters. The smallest absolute Gasteiger partial charge is 0.213 e. The van der Waals surface area contributed by atoms with E-state index in [9.17, 15) is 20.4 Å². The Morgan fingerprint density at radius 1 is 1.00 bits per heavy atom. The summed E-state index contributed by atoms with van der Waals surface area (Å²) in [5, 5.41) is 37.6. The van der Waals surface area contributed by atoms with Crippen LogP contribution in [0, 0.1) is 0 Å². The number of rotatable bonds is 5. The normalized spacial score (nSPS) is 51.1. The zero-order valence-electron chi connectivity index (χ0n) is 11.8. The number of hydrogen-bond acceptors (Lipinski definition) is 7. The molecule has 0 radical (unpaired) electrons. The summed E-state index contributed by atoms with van der Waals surface area (Å²) in [5.74, 6) is -2.12. The first-order valence-electron chi connectivity index (χ1n) is 6.87. The Hall–Kier alpha value is 0.880. The van der Waals surface area contributed by atoms with E-state index in [-0.39, 0.29) is 11.8 Å². The van der Waals surface area contributed by atoms with Crippen molar-refractivity contribution in [2.24, 2.45) is 0 Å². The number of ether oxygens (including phenoxy) is 3. The average Bonchev–Trinajstić information content (AvgIpc) is 2.80. The molecule has 0 aliphatic carbocycles. The Bertz CT molecular complexity index is 404. The van der Waals surface area contributed by atoms with Crippen molar-refractivity contribution >= 4 is 46.4 Å². The molecular weight excluding hydrogens is 398 g/mol. The number of hydrogen-bond donors (Lipinski definition) is 4. The highest BCUT2D eigenvalue weighted by Gasteiger charge is 2.57. The van der Waals surface area contributed by atoms with Gasteiger partial charge in [-0.1, -0.05) is 0 Å². The van der Waals surface area contributed by atoms with E-state index < -0.39 is 60.0 Å². The van der Waals surface area contributed by atoms with E-state index in [1.54, 1.807) is 0 Å². The van der Waals surface area contributed by atoms with E-state index in [4.69, 9.17) is 60.6 Å². The van der Waals surface area contributed by atoms with E-state index in [1.165, 1.54) is 0 Å². The molecule has 2 aliphatic heterocycles.